The molecule has 3 amide bonds. The van der Waals surface area contributed by atoms with Crippen LogP contribution in [0, 0.1) is 0 Å². The van der Waals surface area contributed by atoms with Crippen molar-refractivity contribution in [2.24, 2.45) is 5.16 Å². The third-order valence-corrected chi connectivity index (χ3v) is 5.76. The predicted octanol–water partition coefficient (Wildman–Crippen LogP) is -0.570. The van der Waals surface area contributed by atoms with Crippen molar-refractivity contribution in [3.05, 3.63) is 22.8 Å². The summed E-state index contributed by atoms with van der Waals surface area (Å²) in [6, 6.07) is -0.817. The van der Waals surface area contributed by atoms with Gasteiger partial charge in [0.05, 0.1) is 5.57 Å². The Kier molecular flexibility index (Phi) is 5.41. The molecule has 0 spiro atoms. The molecule has 11 nitrogen and oxygen atoms in total. The highest BCUT2D eigenvalue weighted by Gasteiger charge is 2.50. The van der Waals surface area contributed by atoms with Gasteiger partial charge in [0.15, 0.2) is 10.8 Å². The smallest absolute Gasteiger partial charge is 0.333 e. The summed E-state index contributed by atoms with van der Waals surface area (Å²) < 4.78 is 0. The number of rotatable bonds is 7. The molecule has 3 rings (SSSR count). The summed E-state index contributed by atoms with van der Waals surface area (Å²) in [7, 11) is 1.26. The van der Waals surface area contributed by atoms with E-state index in [9.17, 15) is 19.2 Å². The second-order valence-corrected chi connectivity index (χ2v) is 7.24. The highest BCUT2D eigenvalue weighted by atomic mass is 32.2. The fourth-order valence-corrected chi connectivity index (χ4v) is 4.34. The highest BCUT2D eigenvalue weighted by molar-refractivity contribution is 8.00. The number of carboxylic acid groups (broad SMARTS) is 1. The number of hydrogen-bond donors (Lipinski definition) is 3. The Bertz CT molecular complexity index is 866. The minimum Gasteiger partial charge on any atom is -0.478 e. The van der Waals surface area contributed by atoms with Crippen molar-refractivity contribution in [1.82, 2.24) is 15.2 Å². The Morgan fingerprint density at radius 3 is 2.96 bits per heavy atom. The molecule has 0 saturated carbocycles. The van der Waals surface area contributed by atoms with E-state index in [-0.39, 0.29) is 27.9 Å². The summed E-state index contributed by atoms with van der Waals surface area (Å²) in [6.07, 6.45) is 1.74. The van der Waals surface area contributed by atoms with E-state index in [1.54, 1.807) is 0 Å². The quantitative estimate of drug-likeness (QED) is 0.234. The van der Waals surface area contributed by atoms with Crippen LogP contribution in [0.4, 0.5) is 5.13 Å². The zero-order valence-corrected chi connectivity index (χ0v) is 15.4. The Morgan fingerprint density at radius 2 is 2.30 bits per heavy atom. The average Bonchev–Trinajstić information content (AvgIpc) is 3.11. The van der Waals surface area contributed by atoms with E-state index in [4.69, 9.17) is 5.11 Å². The van der Waals surface area contributed by atoms with Gasteiger partial charge in [0.25, 0.3) is 11.8 Å². The molecule has 1 aromatic rings. The van der Waals surface area contributed by atoms with E-state index in [0.717, 1.165) is 11.3 Å². The minimum absolute atomic E-state index is 0.119. The van der Waals surface area contributed by atoms with Crippen LogP contribution in [0.3, 0.4) is 0 Å². The topological polar surface area (TPSA) is 150 Å². The maximum Gasteiger partial charge on any atom is 0.333 e. The Morgan fingerprint density at radius 1 is 1.52 bits per heavy atom. The van der Waals surface area contributed by atoms with Crippen LogP contribution in [-0.2, 0) is 24.0 Å². The SMILES string of the molecule is CO/N=C(\C(=O)NC1C(=O)N2C=C(C(=O)O)CS[C@H]12)c1csc(NC=O)n1. The lowest BCUT2D eigenvalue weighted by Gasteiger charge is -2.46. The van der Waals surface area contributed by atoms with E-state index in [0.29, 0.717) is 6.41 Å². The van der Waals surface area contributed by atoms with Gasteiger partial charge in [-0.3, -0.25) is 14.4 Å². The van der Waals surface area contributed by atoms with E-state index in [2.05, 4.69) is 25.6 Å². The van der Waals surface area contributed by atoms with Crippen LogP contribution >= 0.6 is 23.1 Å². The molecule has 1 fully saturated rings. The third-order valence-electron chi connectivity index (χ3n) is 3.67. The maximum atomic E-state index is 12.6. The normalized spacial score (nSPS) is 21.5. The van der Waals surface area contributed by atoms with E-state index in [1.165, 1.54) is 35.4 Å². The van der Waals surface area contributed by atoms with Crippen LogP contribution in [0.25, 0.3) is 0 Å². The number of aliphatic carboxylic acids is 1. The molecule has 0 bridgehead atoms. The monoisotopic (exact) mass is 411 g/mol. The number of thioether (sulfide) groups is 1. The van der Waals surface area contributed by atoms with Gasteiger partial charge in [-0.25, -0.2) is 9.78 Å². The second-order valence-electron chi connectivity index (χ2n) is 5.28. The first-order valence-corrected chi connectivity index (χ1v) is 9.35. The first-order valence-electron chi connectivity index (χ1n) is 7.42. The largest absolute Gasteiger partial charge is 0.478 e. The number of carbonyl (C=O) groups is 4. The van der Waals surface area contributed by atoms with Crippen LogP contribution in [0.5, 0.6) is 0 Å². The second kappa shape index (κ2) is 7.75. The number of fused-ring (bicyclic) bond motifs is 1. The van der Waals surface area contributed by atoms with Crippen molar-refractivity contribution in [3.63, 3.8) is 0 Å². The molecule has 1 saturated heterocycles. The van der Waals surface area contributed by atoms with Gasteiger partial charge < -0.3 is 25.5 Å². The van der Waals surface area contributed by atoms with Crippen LogP contribution < -0.4 is 10.6 Å². The molecule has 2 aliphatic rings. The van der Waals surface area contributed by atoms with Crippen molar-refractivity contribution in [1.29, 1.82) is 0 Å². The molecule has 0 aromatic carbocycles. The van der Waals surface area contributed by atoms with E-state index in [1.807, 2.05) is 0 Å². The number of hydrogen-bond acceptors (Lipinski definition) is 9. The number of carboxylic acids is 1. The average molecular weight is 411 g/mol. The number of nitrogens with one attached hydrogen (secondary N) is 2. The molecule has 0 radical (unpaired) electrons. The predicted molar refractivity (Wildman–Crippen MR) is 96.1 cm³/mol. The highest BCUT2D eigenvalue weighted by Crippen LogP contribution is 2.36. The molecular formula is C14H13N5O6S2. The molecule has 13 heteroatoms. The van der Waals surface area contributed by atoms with Crippen molar-refractivity contribution in [3.8, 4) is 0 Å². The molecule has 2 atom stereocenters. The van der Waals surface area contributed by atoms with Gasteiger partial charge in [-0.05, 0) is 0 Å². The number of carbonyl (C=O) groups excluding carboxylic acids is 3. The number of thiazole rings is 1. The summed E-state index contributed by atoms with van der Waals surface area (Å²) in [4.78, 5) is 56.3. The lowest BCUT2D eigenvalue weighted by Crippen LogP contribution is -2.69. The Hall–Kier alpha value is -2.93. The molecule has 3 N–H and O–H groups in total. The number of aromatic nitrogens is 1. The fourth-order valence-electron chi connectivity index (χ4n) is 2.43. The third kappa shape index (κ3) is 3.64. The molecule has 2 aliphatic heterocycles. The number of β-lactam (4-membered cyclic amide) rings is 1. The van der Waals surface area contributed by atoms with Crippen molar-refractivity contribution < 1.29 is 29.1 Å². The van der Waals surface area contributed by atoms with Gasteiger partial charge in [0.2, 0.25) is 6.41 Å². The van der Waals surface area contributed by atoms with Crippen LogP contribution in [0.1, 0.15) is 5.69 Å². The minimum atomic E-state index is -1.08. The van der Waals surface area contributed by atoms with Gasteiger partial charge in [-0.15, -0.1) is 23.1 Å². The van der Waals surface area contributed by atoms with Gasteiger partial charge in [-0.1, -0.05) is 5.16 Å². The summed E-state index contributed by atoms with van der Waals surface area (Å²) >= 11 is 2.34. The van der Waals surface area contributed by atoms with Crippen molar-refractivity contribution in [2.45, 2.75) is 11.4 Å². The molecule has 142 valence electrons. The number of oxime groups is 1. The molecule has 0 aliphatic carbocycles. The molecule has 3 heterocycles. The van der Waals surface area contributed by atoms with Gasteiger partial charge in [0, 0.05) is 17.3 Å². The summed E-state index contributed by atoms with van der Waals surface area (Å²) in [5.74, 6) is -1.95. The van der Waals surface area contributed by atoms with Gasteiger partial charge in [0.1, 0.15) is 24.2 Å². The van der Waals surface area contributed by atoms with E-state index < -0.39 is 29.2 Å². The fraction of sp³-hybridized carbons (Fsp3) is 0.286. The first-order chi connectivity index (χ1) is 13.0. The lowest BCUT2D eigenvalue weighted by molar-refractivity contribution is -0.144. The standard InChI is InChI=1S/C14H13N5O6S2/c1-25-18-8(7-4-27-14(16-7)15-5-20)10(21)17-9-11(22)19-2-6(13(23)24)3-26-12(9)19/h2,4-5,9,12H,3H2,1H3,(H,17,21)(H,23,24)(H,15,16,20)/b18-8-/t9?,12-/m1/s1. The summed E-state index contributed by atoms with van der Waals surface area (Å²) in [6.45, 7) is 0. The first kappa shape index (κ1) is 18.8. The zero-order valence-electron chi connectivity index (χ0n) is 13.7. The molecule has 1 aromatic heterocycles. The molecular weight excluding hydrogens is 398 g/mol. The number of nitrogens with zero attached hydrogens (tertiary/aromatic N) is 3. The van der Waals surface area contributed by atoms with E-state index >= 15 is 0 Å². The van der Waals surface area contributed by atoms with Crippen LogP contribution in [0.15, 0.2) is 22.3 Å². The summed E-state index contributed by atoms with van der Waals surface area (Å²) in [5, 5.41) is 19.0. The number of anilines is 1. The Balaban J connectivity index is 1.72. The van der Waals surface area contributed by atoms with Crippen molar-refractivity contribution in [2.75, 3.05) is 18.2 Å². The number of amides is 3. The lowest BCUT2D eigenvalue weighted by atomic mass is 10.1. The molecule has 1 unspecified atom stereocenters. The maximum absolute atomic E-state index is 12.6. The molecule has 27 heavy (non-hydrogen) atoms. The van der Waals surface area contributed by atoms with Crippen molar-refractivity contribution >= 4 is 58.1 Å². The van der Waals surface area contributed by atoms with Gasteiger partial charge in [-0.2, -0.15) is 0 Å². The van der Waals surface area contributed by atoms with Crippen LogP contribution in [0.2, 0.25) is 0 Å². The summed E-state index contributed by atoms with van der Waals surface area (Å²) in [5.41, 5.74) is 0.145. The van der Waals surface area contributed by atoms with Crippen LogP contribution in [-0.4, -0.2) is 69.2 Å². The Labute approximate surface area is 160 Å². The zero-order chi connectivity index (χ0) is 19.6. The van der Waals surface area contributed by atoms with Gasteiger partial charge >= 0.3 is 5.97 Å².